The Balaban J connectivity index is 2.42. The summed E-state index contributed by atoms with van der Waals surface area (Å²) in [6, 6.07) is 0.526. The van der Waals surface area contributed by atoms with Gasteiger partial charge in [-0.25, -0.2) is 0 Å². The number of aryl methyl sites for hydroxylation is 1. The molecule has 0 aliphatic heterocycles. The number of thiazole rings is 2. The van der Waals surface area contributed by atoms with Crippen molar-refractivity contribution in [3.8, 4) is 10.0 Å². The van der Waals surface area contributed by atoms with Crippen molar-refractivity contribution in [2.45, 2.75) is 39.8 Å². The maximum absolute atomic E-state index is 2.36. The van der Waals surface area contributed by atoms with Gasteiger partial charge in [0.1, 0.15) is 6.54 Å². The third-order valence-electron chi connectivity index (χ3n) is 2.52. The Kier molecular flexibility index (Phi) is 3.71. The Morgan fingerprint density at radius 2 is 1.81 bits per heavy atom. The van der Waals surface area contributed by atoms with Crippen LogP contribution < -0.4 is 9.13 Å². The van der Waals surface area contributed by atoms with Gasteiger partial charge < -0.3 is 0 Å². The van der Waals surface area contributed by atoms with Crippen LogP contribution in [0, 0.1) is 0 Å². The predicted molar refractivity (Wildman–Crippen MR) is 68.7 cm³/mol. The molecule has 0 spiro atoms. The quantitative estimate of drug-likeness (QED) is 0.741. The Labute approximate surface area is 105 Å². The fourth-order valence-corrected chi connectivity index (χ4v) is 3.80. The lowest BCUT2D eigenvalue weighted by Crippen LogP contribution is -2.40. The molecule has 2 heterocycles. The van der Waals surface area contributed by atoms with E-state index in [1.165, 1.54) is 16.4 Å². The van der Waals surface area contributed by atoms with E-state index >= 15 is 0 Å². The van der Waals surface area contributed by atoms with Gasteiger partial charge in [-0.3, -0.25) is 0 Å². The largest absolute Gasteiger partial charge is 0.346 e. The molecule has 0 radical (unpaired) electrons. The number of nitrogens with zero attached hydrogens (tertiary/aromatic N) is 2. The molecule has 0 aromatic carbocycles. The molecule has 0 saturated carbocycles. The van der Waals surface area contributed by atoms with E-state index in [0.29, 0.717) is 6.04 Å². The van der Waals surface area contributed by atoms with Gasteiger partial charge in [0.25, 0.3) is 0 Å². The van der Waals surface area contributed by atoms with Crippen LogP contribution in [0.25, 0.3) is 10.0 Å². The number of rotatable bonds is 4. The zero-order valence-corrected chi connectivity index (χ0v) is 11.6. The molecule has 0 unspecified atom stereocenters. The maximum atomic E-state index is 2.36. The summed E-state index contributed by atoms with van der Waals surface area (Å²) in [5.41, 5.74) is 0. The molecule has 0 N–H and O–H groups in total. The van der Waals surface area contributed by atoms with Crippen molar-refractivity contribution in [3.05, 3.63) is 23.2 Å². The molecule has 2 aromatic heterocycles. The second-order valence-corrected chi connectivity index (χ2v) is 5.90. The first-order valence-electron chi connectivity index (χ1n) is 5.70. The minimum Gasteiger partial charge on any atom is -0.183 e. The van der Waals surface area contributed by atoms with Crippen molar-refractivity contribution < 1.29 is 9.13 Å². The lowest BCUT2D eigenvalue weighted by molar-refractivity contribution is -0.720. The molecule has 86 valence electrons. The van der Waals surface area contributed by atoms with Crippen molar-refractivity contribution in [1.29, 1.82) is 0 Å². The zero-order valence-electron chi connectivity index (χ0n) is 10.0. The first-order valence-corrected chi connectivity index (χ1v) is 7.46. The molecule has 0 saturated heterocycles. The minimum atomic E-state index is 0.526. The molecule has 2 aromatic rings. The molecule has 16 heavy (non-hydrogen) atoms. The van der Waals surface area contributed by atoms with Crippen molar-refractivity contribution in [3.63, 3.8) is 0 Å². The van der Waals surface area contributed by atoms with Gasteiger partial charge in [0.15, 0.2) is 18.4 Å². The maximum Gasteiger partial charge on any atom is 0.346 e. The van der Waals surface area contributed by atoms with Crippen LogP contribution in [-0.2, 0) is 6.54 Å². The molecular weight excluding hydrogens is 236 g/mol. The van der Waals surface area contributed by atoms with Gasteiger partial charge in [0, 0.05) is 6.42 Å². The molecule has 0 fully saturated rings. The first kappa shape index (κ1) is 11.7. The second-order valence-electron chi connectivity index (χ2n) is 4.11. The third-order valence-corrected chi connectivity index (χ3v) is 4.44. The van der Waals surface area contributed by atoms with E-state index in [9.17, 15) is 0 Å². The third kappa shape index (κ3) is 2.18. The highest BCUT2D eigenvalue weighted by Crippen LogP contribution is 2.22. The first-order chi connectivity index (χ1) is 7.74. The minimum absolute atomic E-state index is 0.526. The van der Waals surface area contributed by atoms with Gasteiger partial charge in [0.2, 0.25) is 0 Å². The summed E-state index contributed by atoms with van der Waals surface area (Å²) in [6.07, 6.45) is 5.55. The number of hydrogen-bond donors (Lipinski definition) is 0. The summed E-state index contributed by atoms with van der Waals surface area (Å²) in [4.78, 5) is 0. The summed E-state index contributed by atoms with van der Waals surface area (Å²) < 4.78 is 4.71. The van der Waals surface area contributed by atoms with Crippen LogP contribution in [0.2, 0.25) is 0 Å². The molecule has 0 atom stereocenters. The average Bonchev–Trinajstić information content (AvgIpc) is 2.83. The lowest BCUT2D eigenvalue weighted by Gasteiger charge is -1.98. The molecule has 0 aliphatic carbocycles. The van der Waals surface area contributed by atoms with Crippen LogP contribution >= 0.6 is 22.7 Å². The number of aromatic nitrogens is 2. The van der Waals surface area contributed by atoms with Gasteiger partial charge in [-0.1, -0.05) is 29.6 Å². The summed E-state index contributed by atoms with van der Waals surface area (Å²) in [6.45, 7) is 7.79. The fourth-order valence-electron chi connectivity index (χ4n) is 1.75. The van der Waals surface area contributed by atoms with E-state index in [1.54, 1.807) is 0 Å². The fraction of sp³-hybridized carbons (Fsp3) is 0.500. The van der Waals surface area contributed by atoms with E-state index in [-0.39, 0.29) is 0 Å². The van der Waals surface area contributed by atoms with E-state index in [1.807, 2.05) is 22.7 Å². The summed E-state index contributed by atoms with van der Waals surface area (Å²) >= 11 is 3.66. The summed E-state index contributed by atoms with van der Waals surface area (Å²) in [5.74, 6) is 0. The highest BCUT2D eigenvalue weighted by Gasteiger charge is 2.27. The smallest absolute Gasteiger partial charge is 0.183 e. The normalized spacial score (nSPS) is 11.2. The number of hydrogen-bond acceptors (Lipinski definition) is 2. The van der Waals surface area contributed by atoms with Gasteiger partial charge in [-0.2, -0.15) is 9.13 Å². The van der Waals surface area contributed by atoms with Crippen molar-refractivity contribution in [1.82, 2.24) is 0 Å². The van der Waals surface area contributed by atoms with Crippen LogP contribution in [0.3, 0.4) is 0 Å². The Bertz CT molecular complexity index is 457. The molecule has 0 bridgehead atoms. The van der Waals surface area contributed by atoms with Crippen LogP contribution in [-0.4, -0.2) is 0 Å². The topological polar surface area (TPSA) is 7.76 Å². The SMILES string of the molecule is CCC[n+]1ccsc1-c1scc[n+]1C(C)C. The molecular formula is C12H18N2S2+2. The van der Waals surface area contributed by atoms with Crippen LogP contribution in [0.15, 0.2) is 23.2 Å². The molecule has 2 rings (SSSR count). The molecule has 0 aliphatic rings. The van der Waals surface area contributed by atoms with Gasteiger partial charge in [-0.05, 0) is 13.8 Å². The zero-order chi connectivity index (χ0) is 11.5. The van der Waals surface area contributed by atoms with Crippen molar-refractivity contribution in [2.75, 3.05) is 0 Å². The lowest BCUT2D eigenvalue weighted by atomic mass is 10.4. The molecule has 2 nitrogen and oxygen atoms in total. The van der Waals surface area contributed by atoms with Gasteiger partial charge >= 0.3 is 10.0 Å². The van der Waals surface area contributed by atoms with Crippen molar-refractivity contribution in [2.24, 2.45) is 0 Å². The van der Waals surface area contributed by atoms with E-state index in [4.69, 9.17) is 0 Å². The average molecular weight is 254 g/mol. The second kappa shape index (κ2) is 5.06. The van der Waals surface area contributed by atoms with E-state index in [0.717, 1.165) is 6.54 Å². The van der Waals surface area contributed by atoms with Crippen molar-refractivity contribution >= 4 is 22.7 Å². The van der Waals surface area contributed by atoms with Crippen LogP contribution in [0.1, 0.15) is 33.2 Å². The summed E-state index contributed by atoms with van der Waals surface area (Å²) in [5, 5.41) is 7.10. The Morgan fingerprint density at radius 3 is 2.50 bits per heavy atom. The van der Waals surface area contributed by atoms with E-state index < -0.39 is 0 Å². The van der Waals surface area contributed by atoms with Crippen LogP contribution in [0.4, 0.5) is 0 Å². The molecule has 0 amide bonds. The standard InChI is InChI=1S/C12H18N2S2/c1-4-5-13-6-8-15-11(13)12-14(10(2)3)7-9-16-12/h6-10H,4-5H2,1-3H3/q+2. The monoisotopic (exact) mass is 254 g/mol. The van der Waals surface area contributed by atoms with Gasteiger partial charge in [0.05, 0.1) is 10.8 Å². The predicted octanol–water partition coefficient (Wildman–Crippen LogP) is 3.04. The van der Waals surface area contributed by atoms with Crippen LogP contribution in [0.5, 0.6) is 0 Å². The highest BCUT2D eigenvalue weighted by molar-refractivity contribution is 7.19. The highest BCUT2D eigenvalue weighted by atomic mass is 32.1. The Hall–Kier alpha value is -0.740. The summed E-state index contributed by atoms with van der Waals surface area (Å²) in [7, 11) is 0. The molecule has 4 heteroatoms. The van der Waals surface area contributed by atoms with Gasteiger partial charge in [-0.15, -0.1) is 0 Å². The Morgan fingerprint density at radius 1 is 1.12 bits per heavy atom. The van der Waals surface area contributed by atoms with E-state index in [2.05, 4.69) is 53.1 Å².